The van der Waals surface area contributed by atoms with E-state index >= 15 is 0 Å². The molecule has 11 nitrogen and oxygen atoms in total. The zero-order valence-corrected chi connectivity index (χ0v) is 14.2. The standard InChI is InChI=1S/C12H13N3O8S2/c1-13-15-12-10-6(2-7(4-8(10)16)25(21,22)23)3-9(17)11(12)14-5-24(18,19)20/h2-4,14,16-17H,5H2,1H3,(H,18,19,20)(H,21,22,23). The van der Waals surface area contributed by atoms with Crippen LogP contribution in [0.1, 0.15) is 0 Å². The molecule has 0 aromatic heterocycles. The van der Waals surface area contributed by atoms with Crippen molar-refractivity contribution in [3.63, 3.8) is 0 Å². The Balaban J connectivity index is 2.82. The Bertz CT molecular complexity index is 1080. The highest BCUT2D eigenvalue weighted by molar-refractivity contribution is 7.86. The highest BCUT2D eigenvalue weighted by Gasteiger charge is 2.21. The second-order valence-electron chi connectivity index (χ2n) is 4.84. The maximum atomic E-state index is 11.2. The molecule has 2 aromatic rings. The van der Waals surface area contributed by atoms with Gasteiger partial charge in [-0.05, 0) is 17.5 Å². The second kappa shape index (κ2) is 6.44. The van der Waals surface area contributed by atoms with E-state index in [1.165, 1.54) is 7.05 Å². The van der Waals surface area contributed by atoms with E-state index < -0.39 is 42.5 Å². The van der Waals surface area contributed by atoms with E-state index in [9.17, 15) is 27.0 Å². The summed E-state index contributed by atoms with van der Waals surface area (Å²) in [4.78, 5) is -0.616. The lowest BCUT2D eigenvalue weighted by Gasteiger charge is -2.14. The number of nitrogens with zero attached hydrogens (tertiary/aromatic N) is 2. The van der Waals surface area contributed by atoms with E-state index in [2.05, 4.69) is 15.5 Å². The fourth-order valence-corrected chi connectivity index (χ4v) is 3.01. The molecule has 0 amide bonds. The topological polar surface area (TPSA) is 186 Å². The number of phenols is 2. The fourth-order valence-electron chi connectivity index (χ4n) is 2.15. The molecule has 0 spiro atoms. The third-order valence-corrected chi connectivity index (χ3v) is 4.41. The van der Waals surface area contributed by atoms with Crippen molar-refractivity contribution in [3.8, 4) is 11.5 Å². The molecule has 2 aromatic carbocycles. The Morgan fingerprint density at radius 3 is 2.20 bits per heavy atom. The molecule has 0 heterocycles. The number of azo groups is 1. The molecular formula is C12H13N3O8S2. The van der Waals surface area contributed by atoms with Crippen LogP contribution < -0.4 is 5.32 Å². The molecule has 25 heavy (non-hydrogen) atoms. The SMILES string of the molecule is CN=Nc1c(NCS(=O)(=O)O)c(O)cc2cc(S(=O)(=O)O)cc(O)c12. The van der Waals surface area contributed by atoms with Gasteiger partial charge in [-0.25, -0.2) is 0 Å². The third-order valence-electron chi connectivity index (χ3n) is 3.07. The third kappa shape index (κ3) is 4.14. The lowest BCUT2D eigenvalue weighted by molar-refractivity contribution is 0.469. The number of rotatable bonds is 5. The Labute approximate surface area is 142 Å². The molecule has 0 aliphatic carbocycles. The Morgan fingerprint density at radius 2 is 1.68 bits per heavy atom. The van der Waals surface area contributed by atoms with Gasteiger partial charge in [0, 0.05) is 13.1 Å². The number of hydrogen-bond donors (Lipinski definition) is 5. The summed E-state index contributed by atoms with van der Waals surface area (Å²) in [6.45, 7) is 0. The van der Waals surface area contributed by atoms with Gasteiger partial charge in [-0.2, -0.15) is 27.1 Å². The zero-order valence-electron chi connectivity index (χ0n) is 12.6. The lowest BCUT2D eigenvalue weighted by Crippen LogP contribution is -2.13. The molecule has 0 fully saturated rings. The van der Waals surface area contributed by atoms with E-state index in [1.807, 2.05) is 0 Å². The number of phenolic OH excluding ortho intramolecular Hbond substituents is 2. The normalized spacial score (nSPS) is 12.8. The van der Waals surface area contributed by atoms with Crippen LogP contribution >= 0.6 is 0 Å². The van der Waals surface area contributed by atoms with E-state index in [4.69, 9.17) is 9.11 Å². The first-order chi connectivity index (χ1) is 11.4. The molecule has 0 bridgehead atoms. The number of benzene rings is 2. The Morgan fingerprint density at radius 1 is 1.04 bits per heavy atom. The predicted octanol–water partition coefficient (Wildman–Crippen LogP) is 1.47. The summed E-state index contributed by atoms with van der Waals surface area (Å²) in [6, 6.07) is 2.76. The summed E-state index contributed by atoms with van der Waals surface area (Å²) in [5.41, 5.74) is -0.453. The molecule has 0 radical (unpaired) electrons. The molecule has 0 aliphatic rings. The number of hydrogen-bond acceptors (Lipinski definition) is 9. The summed E-state index contributed by atoms with van der Waals surface area (Å²) >= 11 is 0. The van der Waals surface area contributed by atoms with Crippen molar-refractivity contribution >= 4 is 42.4 Å². The van der Waals surface area contributed by atoms with Crippen molar-refractivity contribution in [3.05, 3.63) is 18.2 Å². The summed E-state index contributed by atoms with van der Waals surface area (Å²) in [6.07, 6.45) is 0. The summed E-state index contributed by atoms with van der Waals surface area (Å²) in [7, 11) is -7.78. The van der Waals surface area contributed by atoms with Gasteiger partial charge in [-0.15, -0.1) is 0 Å². The van der Waals surface area contributed by atoms with Crippen LogP contribution in [0.25, 0.3) is 10.8 Å². The molecule has 0 saturated carbocycles. The number of fused-ring (bicyclic) bond motifs is 1. The van der Waals surface area contributed by atoms with Crippen molar-refractivity contribution in [1.29, 1.82) is 0 Å². The molecule has 0 saturated heterocycles. The first-order valence-electron chi connectivity index (χ1n) is 6.43. The fraction of sp³-hybridized carbons (Fsp3) is 0.167. The van der Waals surface area contributed by atoms with Crippen LogP contribution in [0.2, 0.25) is 0 Å². The second-order valence-corrected chi connectivity index (χ2v) is 7.71. The molecular weight excluding hydrogens is 378 g/mol. The van der Waals surface area contributed by atoms with Crippen LogP contribution in [0, 0.1) is 0 Å². The van der Waals surface area contributed by atoms with Gasteiger partial charge in [-0.1, -0.05) is 0 Å². The molecule has 0 unspecified atom stereocenters. The smallest absolute Gasteiger partial charge is 0.294 e. The maximum Gasteiger partial charge on any atom is 0.294 e. The monoisotopic (exact) mass is 391 g/mol. The van der Waals surface area contributed by atoms with Crippen molar-refractivity contribution in [2.24, 2.45) is 10.2 Å². The lowest BCUT2D eigenvalue weighted by atomic mass is 10.1. The quantitative estimate of drug-likeness (QED) is 0.286. The van der Waals surface area contributed by atoms with Gasteiger partial charge in [-0.3, -0.25) is 9.11 Å². The van der Waals surface area contributed by atoms with Crippen LogP contribution in [0.5, 0.6) is 11.5 Å². The van der Waals surface area contributed by atoms with Crippen LogP contribution in [0.4, 0.5) is 11.4 Å². The zero-order chi connectivity index (χ0) is 19.0. The molecule has 13 heteroatoms. The van der Waals surface area contributed by atoms with Gasteiger partial charge < -0.3 is 15.5 Å². The largest absolute Gasteiger partial charge is 0.507 e. The number of aromatic hydroxyl groups is 2. The molecule has 136 valence electrons. The van der Waals surface area contributed by atoms with E-state index in [1.54, 1.807) is 0 Å². The highest BCUT2D eigenvalue weighted by Crippen LogP contribution is 2.45. The summed E-state index contributed by atoms with van der Waals surface area (Å²) < 4.78 is 62.2. The van der Waals surface area contributed by atoms with Crippen LogP contribution in [-0.2, 0) is 20.2 Å². The average Bonchev–Trinajstić information content (AvgIpc) is 2.43. The minimum atomic E-state index is -4.62. The number of anilines is 1. The van der Waals surface area contributed by atoms with E-state index in [-0.39, 0.29) is 22.1 Å². The van der Waals surface area contributed by atoms with E-state index in [0.717, 1.165) is 18.2 Å². The molecule has 5 N–H and O–H groups in total. The van der Waals surface area contributed by atoms with Crippen LogP contribution in [0.3, 0.4) is 0 Å². The van der Waals surface area contributed by atoms with Crippen molar-refractivity contribution in [1.82, 2.24) is 0 Å². The first kappa shape index (κ1) is 18.9. The molecule has 0 aliphatic heterocycles. The van der Waals surface area contributed by atoms with Crippen molar-refractivity contribution < 1.29 is 36.2 Å². The van der Waals surface area contributed by atoms with Gasteiger partial charge in [0.05, 0.1) is 10.3 Å². The van der Waals surface area contributed by atoms with Gasteiger partial charge in [0.2, 0.25) is 0 Å². The summed E-state index contributed by atoms with van der Waals surface area (Å²) in [5, 5.41) is 29.6. The first-order valence-corrected chi connectivity index (χ1v) is 9.48. The van der Waals surface area contributed by atoms with E-state index in [0.29, 0.717) is 0 Å². The van der Waals surface area contributed by atoms with Gasteiger partial charge in [0.25, 0.3) is 20.2 Å². The van der Waals surface area contributed by atoms with Crippen LogP contribution in [0.15, 0.2) is 33.3 Å². The van der Waals surface area contributed by atoms with Crippen molar-refractivity contribution in [2.45, 2.75) is 4.90 Å². The number of nitrogens with one attached hydrogen (secondary N) is 1. The molecule has 0 atom stereocenters. The minimum absolute atomic E-state index is 0.00932. The van der Waals surface area contributed by atoms with Gasteiger partial charge in [0.1, 0.15) is 28.8 Å². The van der Waals surface area contributed by atoms with Crippen LogP contribution in [-0.4, -0.2) is 49.1 Å². The van der Waals surface area contributed by atoms with Gasteiger partial charge >= 0.3 is 0 Å². The van der Waals surface area contributed by atoms with Gasteiger partial charge in [0.15, 0.2) is 0 Å². The molecule has 2 rings (SSSR count). The summed E-state index contributed by atoms with van der Waals surface area (Å²) in [5.74, 6) is -2.12. The maximum absolute atomic E-state index is 11.2. The predicted molar refractivity (Wildman–Crippen MR) is 87.6 cm³/mol. The highest BCUT2D eigenvalue weighted by atomic mass is 32.2. The average molecular weight is 391 g/mol. The van der Waals surface area contributed by atoms with Crippen molar-refractivity contribution in [2.75, 3.05) is 18.2 Å². The minimum Gasteiger partial charge on any atom is -0.507 e. The Hall–Kier alpha value is -2.48. The Kier molecular flexibility index (Phi) is 4.85.